The molecule has 27 heavy (non-hydrogen) atoms. The summed E-state index contributed by atoms with van der Waals surface area (Å²) in [6.07, 6.45) is -2.58. The van der Waals surface area contributed by atoms with Crippen LogP contribution in [0.4, 0.5) is 5.69 Å². The Morgan fingerprint density at radius 1 is 0.963 bits per heavy atom. The highest BCUT2D eigenvalue weighted by molar-refractivity contribution is 5.68. The molecule has 2 aliphatic heterocycles. The normalized spacial score (nSPS) is 26.9. The van der Waals surface area contributed by atoms with Gasteiger partial charge in [0.05, 0.1) is 6.61 Å². The second-order valence-corrected chi connectivity index (χ2v) is 6.59. The number of hydrogen-bond acceptors (Lipinski definition) is 8. The van der Waals surface area contributed by atoms with E-state index in [1.807, 2.05) is 29.2 Å². The van der Waals surface area contributed by atoms with Crippen LogP contribution in [-0.4, -0.2) is 55.6 Å². The summed E-state index contributed by atoms with van der Waals surface area (Å²) >= 11 is 0. The average Bonchev–Trinajstić information content (AvgIpc) is 3.00. The lowest BCUT2D eigenvalue weighted by Gasteiger charge is -2.44. The third kappa shape index (κ3) is 4.21. The fourth-order valence-electron chi connectivity index (χ4n) is 3.62. The first kappa shape index (κ1) is 19.2. The minimum absolute atomic E-state index is 0.0264. The zero-order chi connectivity index (χ0) is 19.6. The molecule has 0 bridgehead atoms. The van der Waals surface area contributed by atoms with Crippen LogP contribution in [0.25, 0.3) is 0 Å². The van der Waals surface area contributed by atoms with Crippen molar-refractivity contribution in [3.8, 4) is 0 Å². The van der Waals surface area contributed by atoms with Crippen LogP contribution in [0.2, 0.25) is 0 Å². The summed E-state index contributed by atoms with van der Waals surface area (Å²) in [5.41, 5.74) is 2.14. The van der Waals surface area contributed by atoms with E-state index in [4.69, 9.17) is 18.9 Å². The van der Waals surface area contributed by atoms with Crippen LogP contribution >= 0.6 is 0 Å². The molecule has 2 aliphatic rings. The number of anilines is 1. The van der Waals surface area contributed by atoms with Gasteiger partial charge in [-0.2, -0.15) is 0 Å². The molecule has 8 nitrogen and oxygen atoms in total. The molecule has 8 heteroatoms. The Bertz CT molecular complexity index is 735. The summed E-state index contributed by atoms with van der Waals surface area (Å²) in [5, 5.41) is 0. The predicted octanol–water partition coefficient (Wildman–Crippen LogP) is 1.20. The van der Waals surface area contributed by atoms with Crippen LogP contribution in [0, 0.1) is 0 Å². The van der Waals surface area contributed by atoms with Crippen molar-refractivity contribution in [3.05, 3.63) is 29.8 Å². The summed E-state index contributed by atoms with van der Waals surface area (Å²) < 4.78 is 22.1. The Kier molecular flexibility index (Phi) is 5.65. The highest BCUT2D eigenvalue weighted by Crippen LogP contribution is 2.35. The first-order chi connectivity index (χ1) is 12.9. The van der Waals surface area contributed by atoms with Crippen molar-refractivity contribution in [1.29, 1.82) is 0 Å². The van der Waals surface area contributed by atoms with E-state index >= 15 is 0 Å². The Labute approximate surface area is 157 Å². The molecule has 1 aromatic rings. The molecule has 0 aromatic heterocycles. The maximum absolute atomic E-state index is 11.7. The van der Waals surface area contributed by atoms with Crippen molar-refractivity contribution in [3.63, 3.8) is 0 Å². The molecule has 0 radical (unpaired) electrons. The molecule has 3 rings (SSSR count). The monoisotopic (exact) mass is 377 g/mol. The number of rotatable bonds is 4. The lowest BCUT2D eigenvalue weighted by molar-refractivity contribution is -0.225. The second-order valence-electron chi connectivity index (χ2n) is 6.59. The van der Waals surface area contributed by atoms with E-state index in [1.165, 1.54) is 20.8 Å². The van der Waals surface area contributed by atoms with Gasteiger partial charge in [-0.15, -0.1) is 0 Å². The SMILES string of the molecule is CC(=O)O[C@@H]1[C@@H](OC(C)=O)[C@H](OC(C)=O)CO[C@H]1N1CCc2ccccc21. The quantitative estimate of drug-likeness (QED) is 0.571. The molecule has 1 aromatic carbocycles. The molecule has 4 atom stereocenters. The maximum atomic E-state index is 11.7. The first-order valence-electron chi connectivity index (χ1n) is 8.84. The molecule has 0 aliphatic carbocycles. The van der Waals surface area contributed by atoms with Crippen molar-refractivity contribution in [2.45, 2.75) is 51.7 Å². The molecule has 0 N–H and O–H groups in total. The first-order valence-corrected chi connectivity index (χ1v) is 8.84. The number of carbonyl (C=O) groups excluding carboxylic acids is 3. The van der Waals surface area contributed by atoms with E-state index in [0.717, 1.165) is 17.7 Å². The Hall–Kier alpha value is -2.61. The van der Waals surface area contributed by atoms with Crippen molar-refractivity contribution in [2.24, 2.45) is 0 Å². The van der Waals surface area contributed by atoms with Gasteiger partial charge in [-0.3, -0.25) is 14.4 Å². The summed E-state index contributed by atoms with van der Waals surface area (Å²) in [4.78, 5) is 36.8. The van der Waals surface area contributed by atoms with E-state index < -0.39 is 42.4 Å². The molecule has 146 valence electrons. The van der Waals surface area contributed by atoms with Gasteiger partial charge in [-0.1, -0.05) is 18.2 Å². The second kappa shape index (κ2) is 7.96. The van der Waals surface area contributed by atoms with Gasteiger partial charge in [0.1, 0.15) is 0 Å². The zero-order valence-electron chi connectivity index (χ0n) is 15.5. The molecule has 0 amide bonds. The van der Waals surface area contributed by atoms with Gasteiger partial charge in [-0.05, 0) is 18.1 Å². The Morgan fingerprint density at radius 3 is 2.26 bits per heavy atom. The maximum Gasteiger partial charge on any atom is 0.303 e. The molecule has 2 heterocycles. The zero-order valence-corrected chi connectivity index (χ0v) is 15.5. The van der Waals surface area contributed by atoms with Crippen LogP contribution in [-0.2, 0) is 39.8 Å². The molecule has 0 unspecified atom stereocenters. The van der Waals surface area contributed by atoms with Crippen LogP contribution in [0.3, 0.4) is 0 Å². The van der Waals surface area contributed by atoms with Crippen molar-refractivity contribution >= 4 is 23.6 Å². The van der Waals surface area contributed by atoms with Gasteiger partial charge in [-0.25, -0.2) is 0 Å². The number of para-hydroxylation sites is 1. The van der Waals surface area contributed by atoms with Crippen molar-refractivity contribution in [1.82, 2.24) is 0 Å². The molecule has 1 fully saturated rings. The third-order valence-electron chi connectivity index (χ3n) is 4.55. The van der Waals surface area contributed by atoms with E-state index in [9.17, 15) is 14.4 Å². The summed E-state index contributed by atoms with van der Waals surface area (Å²) in [6.45, 7) is 4.49. The highest BCUT2D eigenvalue weighted by Gasteiger charge is 2.49. The van der Waals surface area contributed by atoms with E-state index in [0.29, 0.717) is 6.54 Å². The number of carbonyl (C=O) groups is 3. The summed E-state index contributed by atoms with van der Waals surface area (Å²) in [5.74, 6) is -1.63. The number of ether oxygens (including phenoxy) is 4. The Balaban J connectivity index is 1.92. The van der Waals surface area contributed by atoms with Crippen LogP contribution in [0.1, 0.15) is 26.3 Å². The lowest BCUT2D eigenvalue weighted by Crippen LogP contribution is -2.62. The van der Waals surface area contributed by atoms with Crippen molar-refractivity contribution in [2.75, 3.05) is 18.1 Å². The van der Waals surface area contributed by atoms with Gasteiger partial charge in [0.15, 0.2) is 24.5 Å². The standard InChI is InChI=1S/C19H23NO7/c1-11(21)25-16-10-24-19(18(27-13(3)23)17(16)26-12(2)22)20-9-8-14-6-4-5-7-15(14)20/h4-7,16-19H,8-10H2,1-3H3/t16-,17+,18-,19-/m1/s1. The van der Waals surface area contributed by atoms with E-state index in [-0.39, 0.29) is 6.61 Å². The molecule has 1 saturated heterocycles. The minimum Gasteiger partial charge on any atom is -0.456 e. The molecular weight excluding hydrogens is 354 g/mol. The number of benzene rings is 1. The third-order valence-corrected chi connectivity index (χ3v) is 4.55. The largest absolute Gasteiger partial charge is 0.456 e. The molecular formula is C19H23NO7. The minimum atomic E-state index is -0.957. The van der Waals surface area contributed by atoms with Gasteiger partial charge < -0.3 is 23.8 Å². The summed E-state index contributed by atoms with van der Waals surface area (Å²) in [7, 11) is 0. The molecule has 0 saturated carbocycles. The van der Waals surface area contributed by atoms with Crippen LogP contribution in [0.5, 0.6) is 0 Å². The van der Waals surface area contributed by atoms with Crippen molar-refractivity contribution < 1.29 is 33.3 Å². The Morgan fingerprint density at radius 2 is 1.59 bits per heavy atom. The summed E-state index contributed by atoms with van der Waals surface area (Å²) in [6, 6.07) is 7.89. The smallest absolute Gasteiger partial charge is 0.303 e. The number of hydrogen-bond donors (Lipinski definition) is 0. The topological polar surface area (TPSA) is 91.4 Å². The van der Waals surface area contributed by atoms with E-state index in [2.05, 4.69) is 0 Å². The van der Waals surface area contributed by atoms with Crippen LogP contribution in [0.15, 0.2) is 24.3 Å². The average molecular weight is 377 g/mol. The number of nitrogens with zero attached hydrogens (tertiary/aromatic N) is 1. The number of esters is 3. The van der Waals surface area contributed by atoms with Gasteiger partial charge in [0.2, 0.25) is 0 Å². The molecule has 0 spiro atoms. The lowest BCUT2D eigenvalue weighted by atomic mass is 10.0. The van der Waals surface area contributed by atoms with Gasteiger partial charge >= 0.3 is 17.9 Å². The number of fused-ring (bicyclic) bond motifs is 1. The van der Waals surface area contributed by atoms with Gasteiger partial charge in [0, 0.05) is 33.0 Å². The van der Waals surface area contributed by atoms with E-state index in [1.54, 1.807) is 0 Å². The van der Waals surface area contributed by atoms with Crippen LogP contribution < -0.4 is 4.90 Å². The fourth-order valence-corrected chi connectivity index (χ4v) is 3.62. The highest BCUT2D eigenvalue weighted by atomic mass is 16.6. The fraction of sp³-hybridized carbons (Fsp3) is 0.526. The van der Waals surface area contributed by atoms with Gasteiger partial charge in [0.25, 0.3) is 0 Å². The predicted molar refractivity (Wildman–Crippen MR) is 93.9 cm³/mol.